The number of nitrogens with zero attached hydrogens (tertiary/aromatic N) is 3. The summed E-state index contributed by atoms with van der Waals surface area (Å²) < 4.78 is 0. The average molecular weight is 342 g/mol. The van der Waals surface area contributed by atoms with Crippen molar-refractivity contribution in [1.82, 2.24) is 14.7 Å². The third-order valence-corrected chi connectivity index (χ3v) is 5.59. The van der Waals surface area contributed by atoms with Gasteiger partial charge in [0.25, 0.3) is 0 Å². The first-order valence-electron chi connectivity index (χ1n) is 9.05. The van der Waals surface area contributed by atoms with Crippen molar-refractivity contribution in [2.75, 3.05) is 50.8 Å². The van der Waals surface area contributed by atoms with Crippen molar-refractivity contribution in [3.05, 3.63) is 0 Å². The molecular weight excluding hydrogens is 310 g/mol. The van der Waals surface area contributed by atoms with Gasteiger partial charge in [0.15, 0.2) is 0 Å². The summed E-state index contributed by atoms with van der Waals surface area (Å²) in [5.41, 5.74) is 0. The van der Waals surface area contributed by atoms with E-state index >= 15 is 0 Å². The molecule has 0 spiro atoms. The van der Waals surface area contributed by atoms with E-state index < -0.39 is 0 Å². The number of rotatable bonds is 7. The van der Waals surface area contributed by atoms with Crippen LogP contribution in [0.15, 0.2) is 0 Å². The zero-order valence-electron chi connectivity index (χ0n) is 14.6. The SMILES string of the molecule is CCCN(CCC)C(=O)CN1CCCC1C(=O)N1CCSCC1. The number of hydrogen-bond acceptors (Lipinski definition) is 4. The summed E-state index contributed by atoms with van der Waals surface area (Å²) in [6, 6.07) is -0.0767. The maximum absolute atomic E-state index is 12.8. The lowest BCUT2D eigenvalue weighted by Gasteiger charge is -2.33. The predicted octanol–water partition coefficient (Wildman–Crippen LogP) is 1.67. The highest BCUT2D eigenvalue weighted by Gasteiger charge is 2.35. The Hall–Kier alpha value is -0.750. The van der Waals surface area contributed by atoms with Gasteiger partial charge in [-0.25, -0.2) is 0 Å². The van der Waals surface area contributed by atoms with Gasteiger partial charge >= 0.3 is 0 Å². The zero-order chi connectivity index (χ0) is 16.7. The van der Waals surface area contributed by atoms with Crippen LogP contribution < -0.4 is 0 Å². The zero-order valence-corrected chi connectivity index (χ0v) is 15.4. The molecule has 0 N–H and O–H groups in total. The third kappa shape index (κ3) is 5.11. The minimum absolute atomic E-state index is 0.0767. The second-order valence-electron chi connectivity index (χ2n) is 6.45. The number of amides is 2. The summed E-state index contributed by atoms with van der Waals surface area (Å²) in [7, 11) is 0. The van der Waals surface area contributed by atoms with Gasteiger partial charge in [-0.15, -0.1) is 0 Å². The minimum atomic E-state index is -0.0767. The molecule has 0 aromatic carbocycles. The van der Waals surface area contributed by atoms with Crippen LogP contribution in [0.2, 0.25) is 0 Å². The lowest BCUT2D eigenvalue weighted by atomic mass is 10.2. The quantitative estimate of drug-likeness (QED) is 0.707. The van der Waals surface area contributed by atoms with E-state index in [1.165, 1.54) is 0 Å². The highest BCUT2D eigenvalue weighted by atomic mass is 32.2. The van der Waals surface area contributed by atoms with Crippen LogP contribution in [0.5, 0.6) is 0 Å². The first kappa shape index (κ1) is 18.6. The van der Waals surface area contributed by atoms with Gasteiger partial charge in [0.2, 0.25) is 11.8 Å². The van der Waals surface area contributed by atoms with Gasteiger partial charge in [-0.2, -0.15) is 11.8 Å². The number of hydrogen-bond donors (Lipinski definition) is 0. The van der Waals surface area contributed by atoms with Gasteiger partial charge in [-0.05, 0) is 32.2 Å². The average Bonchev–Trinajstić information content (AvgIpc) is 3.02. The fourth-order valence-corrected chi connectivity index (χ4v) is 4.37. The summed E-state index contributed by atoms with van der Waals surface area (Å²) in [4.78, 5) is 31.4. The summed E-state index contributed by atoms with van der Waals surface area (Å²) >= 11 is 1.92. The van der Waals surface area contributed by atoms with Crippen molar-refractivity contribution in [2.24, 2.45) is 0 Å². The molecule has 2 heterocycles. The Morgan fingerprint density at radius 3 is 2.35 bits per heavy atom. The Morgan fingerprint density at radius 2 is 1.74 bits per heavy atom. The van der Waals surface area contributed by atoms with E-state index in [1.54, 1.807) is 0 Å². The van der Waals surface area contributed by atoms with E-state index in [0.717, 1.165) is 69.9 Å². The molecule has 2 rings (SSSR count). The maximum Gasteiger partial charge on any atom is 0.239 e. The number of thioether (sulfide) groups is 1. The van der Waals surface area contributed by atoms with Crippen LogP contribution in [0, 0.1) is 0 Å². The molecule has 0 aromatic rings. The first-order chi connectivity index (χ1) is 11.2. The van der Waals surface area contributed by atoms with Gasteiger partial charge in [-0.1, -0.05) is 13.8 Å². The molecule has 5 nitrogen and oxygen atoms in total. The number of carbonyl (C=O) groups is 2. The smallest absolute Gasteiger partial charge is 0.239 e. The molecule has 1 unspecified atom stereocenters. The third-order valence-electron chi connectivity index (χ3n) is 4.65. The Kier molecular flexibility index (Phi) is 7.70. The molecule has 0 bridgehead atoms. The Balaban J connectivity index is 1.92. The van der Waals surface area contributed by atoms with Crippen LogP contribution in [0.25, 0.3) is 0 Å². The maximum atomic E-state index is 12.8. The topological polar surface area (TPSA) is 43.9 Å². The Labute approximate surface area is 144 Å². The highest BCUT2D eigenvalue weighted by Crippen LogP contribution is 2.21. The van der Waals surface area contributed by atoms with Crippen molar-refractivity contribution in [3.63, 3.8) is 0 Å². The minimum Gasteiger partial charge on any atom is -0.342 e. The van der Waals surface area contributed by atoms with Crippen LogP contribution in [0.1, 0.15) is 39.5 Å². The second kappa shape index (κ2) is 9.52. The lowest BCUT2D eigenvalue weighted by Crippen LogP contribution is -2.51. The van der Waals surface area contributed by atoms with Crippen LogP contribution in [0.3, 0.4) is 0 Å². The van der Waals surface area contributed by atoms with Gasteiger partial charge in [0.1, 0.15) is 0 Å². The summed E-state index contributed by atoms with van der Waals surface area (Å²) in [5, 5.41) is 0. The van der Waals surface area contributed by atoms with Crippen molar-refractivity contribution in [2.45, 2.75) is 45.6 Å². The van der Waals surface area contributed by atoms with E-state index in [9.17, 15) is 9.59 Å². The Bertz CT molecular complexity index is 393. The number of likely N-dealkylation sites (tertiary alicyclic amines) is 1. The largest absolute Gasteiger partial charge is 0.342 e. The van der Waals surface area contributed by atoms with Crippen LogP contribution in [-0.2, 0) is 9.59 Å². The summed E-state index contributed by atoms with van der Waals surface area (Å²) in [5.74, 6) is 2.51. The molecule has 2 aliphatic rings. The van der Waals surface area contributed by atoms with Crippen molar-refractivity contribution in [1.29, 1.82) is 0 Å². The van der Waals surface area contributed by atoms with Gasteiger partial charge in [-0.3, -0.25) is 14.5 Å². The monoisotopic (exact) mass is 341 g/mol. The van der Waals surface area contributed by atoms with E-state index in [1.807, 2.05) is 21.6 Å². The highest BCUT2D eigenvalue weighted by molar-refractivity contribution is 7.99. The van der Waals surface area contributed by atoms with Crippen LogP contribution in [0.4, 0.5) is 0 Å². The van der Waals surface area contributed by atoms with Crippen molar-refractivity contribution in [3.8, 4) is 0 Å². The summed E-state index contributed by atoms with van der Waals surface area (Å²) in [6.45, 7) is 8.85. The van der Waals surface area contributed by atoms with Crippen LogP contribution in [-0.4, -0.2) is 83.3 Å². The fourth-order valence-electron chi connectivity index (χ4n) is 3.46. The summed E-state index contributed by atoms with van der Waals surface area (Å²) in [6.07, 6.45) is 3.89. The second-order valence-corrected chi connectivity index (χ2v) is 7.67. The molecule has 1 atom stereocenters. The van der Waals surface area contributed by atoms with E-state index in [4.69, 9.17) is 0 Å². The van der Waals surface area contributed by atoms with Gasteiger partial charge < -0.3 is 9.80 Å². The molecule has 0 radical (unpaired) electrons. The normalized spacial score (nSPS) is 22.3. The van der Waals surface area contributed by atoms with Crippen molar-refractivity contribution >= 4 is 23.6 Å². The van der Waals surface area contributed by atoms with Crippen molar-refractivity contribution < 1.29 is 9.59 Å². The molecule has 2 amide bonds. The molecule has 6 heteroatoms. The molecule has 0 saturated carbocycles. The molecular formula is C17H31N3O2S. The predicted molar refractivity (Wildman–Crippen MR) is 95.7 cm³/mol. The fraction of sp³-hybridized carbons (Fsp3) is 0.882. The molecule has 2 aliphatic heterocycles. The molecule has 0 aromatic heterocycles. The molecule has 2 saturated heterocycles. The standard InChI is InChI=1S/C17H31N3O2S/c1-3-7-18(8-4-2)16(21)14-20-9-5-6-15(20)17(22)19-10-12-23-13-11-19/h15H,3-14H2,1-2H3. The number of carbonyl (C=O) groups excluding carboxylic acids is 2. The van der Waals surface area contributed by atoms with E-state index in [-0.39, 0.29) is 17.9 Å². The lowest BCUT2D eigenvalue weighted by molar-refractivity contribution is -0.138. The van der Waals surface area contributed by atoms with Gasteiger partial charge in [0, 0.05) is 37.7 Å². The molecule has 132 valence electrons. The first-order valence-corrected chi connectivity index (χ1v) is 10.2. The van der Waals surface area contributed by atoms with Crippen LogP contribution >= 0.6 is 11.8 Å². The Morgan fingerprint density at radius 1 is 1.09 bits per heavy atom. The van der Waals surface area contributed by atoms with Gasteiger partial charge in [0.05, 0.1) is 12.6 Å². The molecule has 2 fully saturated rings. The van der Waals surface area contributed by atoms with E-state index in [0.29, 0.717) is 6.54 Å². The molecule has 23 heavy (non-hydrogen) atoms. The molecule has 0 aliphatic carbocycles. The van der Waals surface area contributed by atoms with E-state index in [2.05, 4.69) is 18.7 Å².